The molecule has 0 aromatic heterocycles. The first-order valence-electron chi connectivity index (χ1n) is 5.04. The maximum Gasteiger partial charge on any atom is 0.0493 e. The highest BCUT2D eigenvalue weighted by Gasteiger charge is 2.00. The lowest BCUT2D eigenvalue weighted by Gasteiger charge is -2.00. The summed E-state index contributed by atoms with van der Waals surface area (Å²) in [5.74, 6) is 0. The van der Waals surface area contributed by atoms with Crippen molar-refractivity contribution in [2.45, 2.75) is 0 Å². The summed E-state index contributed by atoms with van der Waals surface area (Å²) in [5.41, 5.74) is 1.87. The average Bonchev–Trinajstić information content (AvgIpc) is 2.31. The molecule has 2 rings (SSSR count). The molecule has 0 radical (unpaired) electrons. The van der Waals surface area contributed by atoms with Crippen molar-refractivity contribution in [3.8, 4) is 0 Å². The van der Waals surface area contributed by atoms with Crippen LogP contribution in [0.1, 0.15) is 11.1 Å². The smallest absolute Gasteiger partial charge is 0.0493 e. The molecular weight excluding hydrogens is 275 g/mol. The van der Waals surface area contributed by atoms with Crippen LogP contribution >= 0.6 is 34.8 Å². The first-order chi connectivity index (χ1) is 8.16. The molecule has 86 valence electrons. The van der Waals surface area contributed by atoms with Crippen molar-refractivity contribution in [2.24, 2.45) is 0 Å². The lowest BCUT2D eigenvalue weighted by molar-refractivity contribution is 1.64. The van der Waals surface area contributed by atoms with Crippen LogP contribution in [0.2, 0.25) is 15.1 Å². The molecule has 0 aliphatic rings. The number of halogens is 3. The van der Waals surface area contributed by atoms with Gasteiger partial charge in [0.05, 0.1) is 0 Å². The Hall–Kier alpha value is -0.950. The lowest BCUT2D eigenvalue weighted by Crippen LogP contribution is -1.77. The second-order valence-electron chi connectivity index (χ2n) is 3.52. The van der Waals surface area contributed by atoms with Crippen LogP contribution in [0.15, 0.2) is 42.5 Å². The van der Waals surface area contributed by atoms with Gasteiger partial charge in [0, 0.05) is 20.6 Å². The average molecular weight is 284 g/mol. The third kappa shape index (κ3) is 3.26. The lowest BCUT2D eigenvalue weighted by atomic mass is 10.1. The van der Waals surface area contributed by atoms with Crippen LogP contribution in [0, 0.1) is 0 Å². The Labute approximate surface area is 115 Å². The van der Waals surface area contributed by atoms with Crippen LogP contribution in [0.3, 0.4) is 0 Å². The van der Waals surface area contributed by atoms with Gasteiger partial charge in [-0.05, 0) is 29.8 Å². The van der Waals surface area contributed by atoms with Gasteiger partial charge >= 0.3 is 0 Å². The first-order valence-corrected chi connectivity index (χ1v) is 6.18. The van der Waals surface area contributed by atoms with Crippen LogP contribution in [0.4, 0.5) is 0 Å². The minimum Gasteiger partial charge on any atom is -0.0843 e. The highest BCUT2D eigenvalue weighted by atomic mass is 35.5. The van der Waals surface area contributed by atoms with Gasteiger partial charge in [-0.25, -0.2) is 0 Å². The second-order valence-corrected chi connectivity index (χ2v) is 4.77. The molecule has 0 spiro atoms. The van der Waals surface area contributed by atoms with Crippen molar-refractivity contribution in [2.75, 3.05) is 0 Å². The van der Waals surface area contributed by atoms with Gasteiger partial charge in [0.1, 0.15) is 0 Å². The van der Waals surface area contributed by atoms with E-state index in [4.69, 9.17) is 34.8 Å². The Morgan fingerprint density at radius 1 is 0.706 bits per heavy atom. The van der Waals surface area contributed by atoms with Crippen LogP contribution in [0.25, 0.3) is 12.2 Å². The fraction of sp³-hybridized carbons (Fsp3) is 0. The van der Waals surface area contributed by atoms with Crippen molar-refractivity contribution in [3.63, 3.8) is 0 Å². The van der Waals surface area contributed by atoms with Gasteiger partial charge < -0.3 is 0 Å². The molecule has 0 amide bonds. The summed E-state index contributed by atoms with van der Waals surface area (Å²) >= 11 is 17.9. The number of benzene rings is 2. The van der Waals surface area contributed by atoms with E-state index in [0.29, 0.717) is 10.0 Å². The zero-order chi connectivity index (χ0) is 12.3. The molecule has 0 saturated carbocycles. The molecule has 0 aliphatic carbocycles. The standard InChI is InChI=1S/C14H9Cl3/c15-11-7-4-10(5-8-11)6-9-12-13(16)2-1-3-14(12)17/h1-9H/b9-6+. The van der Waals surface area contributed by atoms with Crippen molar-refractivity contribution >= 4 is 47.0 Å². The summed E-state index contributed by atoms with van der Waals surface area (Å²) in [6, 6.07) is 13.0. The van der Waals surface area contributed by atoms with E-state index in [1.54, 1.807) is 0 Å². The fourth-order valence-electron chi connectivity index (χ4n) is 1.42. The van der Waals surface area contributed by atoms with Crippen LogP contribution in [-0.4, -0.2) is 0 Å². The maximum absolute atomic E-state index is 6.06. The van der Waals surface area contributed by atoms with E-state index in [0.717, 1.165) is 16.1 Å². The summed E-state index contributed by atoms with van der Waals surface area (Å²) in [6.45, 7) is 0. The molecule has 0 atom stereocenters. The Bertz CT molecular complexity index is 522. The van der Waals surface area contributed by atoms with E-state index >= 15 is 0 Å². The number of hydrogen-bond donors (Lipinski definition) is 0. The van der Waals surface area contributed by atoms with Crippen molar-refractivity contribution < 1.29 is 0 Å². The molecule has 17 heavy (non-hydrogen) atoms. The predicted octanol–water partition coefficient (Wildman–Crippen LogP) is 5.82. The third-order valence-electron chi connectivity index (χ3n) is 2.31. The van der Waals surface area contributed by atoms with Gasteiger partial charge in [-0.1, -0.05) is 65.2 Å². The topological polar surface area (TPSA) is 0 Å². The zero-order valence-electron chi connectivity index (χ0n) is 8.83. The largest absolute Gasteiger partial charge is 0.0843 e. The monoisotopic (exact) mass is 282 g/mol. The third-order valence-corrected chi connectivity index (χ3v) is 3.22. The molecule has 0 nitrogen and oxygen atoms in total. The molecule has 0 saturated heterocycles. The van der Waals surface area contributed by atoms with Gasteiger partial charge in [-0.2, -0.15) is 0 Å². The molecule has 0 heterocycles. The summed E-state index contributed by atoms with van der Waals surface area (Å²) in [5, 5.41) is 2.00. The minimum absolute atomic E-state index is 0.641. The summed E-state index contributed by atoms with van der Waals surface area (Å²) in [7, 11) is 0. The molecule has 0 N–H and O–H groups in total. The Morgan fingerprint density at radius 3 is 1.88 bits per heavy atom. The molecule has 0 unspecified atom stereocenters. The number of rotatable bonds is 2. The molecule has 0 aliphatic heterocycles. The molecule has 3 heteroatoms. The summed E-state index contributed by atoms with van der Waals surface area (Å²) in [4.78, 5) is 0. The highest BCUT2D eigenvalue weighted by Crippen LogP contribution is 2.26. The number of hydrogen-bond acceptors (Lipinski definition) is 0. The van der Waals surface area contributed by atoms with Crippen LogP contribution in [-0.2, 0) is 0 Å². The van der Waals surface area contributed by atoms with E-state index in [2.05, 4.69) is 0 Å². The van der Waals surface area contributed by atoms with Gasteiger partial charge in [0.15, 0.2) is 0 Å². The minimum atomic E-state index is 0.641. The van der Waals surface area contributed by atoms with Gasteiger partial charge in [0.25, 0.3) is 0 Å². The van der Waals surface area contributed by atoms with Crippen molar-refractivity contribution in [1.82, 2.24) is 0 Å². The maximum atomic E-state index is 6.06. The molecule has 0 bridgehead atoms. The first kappa shape index (κ1) is 12.5. The predicted molar refractivity (Wildman–Crippen MR) is 76.8 cm³/mol. The molecule has 2 aromatic rings. The molecule has 2 aromatic carbocycles. The van der Waals surface area contributed by atoms with Crippen LogP contribution < -0.4 is 0 Å². The van der Waals surface area contributed by atoms with E-state index in [1.807, 2.05) is 54.6 Å². The Balaban J connectivity index is 2.29. The quantitative estimate of drug-likeness (QED) is 0.609. The molecular formula is C14H9Cl3. The van der Waals surface area contributed by atoms with Crippen molar-refractivity contribution in [1.29, 1.82) is 0 Å². The van der Waals surface area contributed by atoms with E-state index in [9.17, 15) is 0 Å². The van der Waals surface area contributed by atoms with Crippen molar-refractivity contribution in [3.05, 3.63) is 68.7 Å². The summed E-state index contributed by atoms with van der Waals surface area (Å²) in [6.07, 6.45) is 3.84. The summed E-state index contributed by atoms with van der Waals surface area (Å²) < 4.78 is 0. The zero-order valence-corrected chi connectivity index (χ0v) is 11.1. The van der Waals surface area contributed by atoms with Gasteiger partial charge in [0.2, 0.25) is 0 Å². The van der Waals surface area contributed by atoms with Crippen LogP contribution in [0.5, 0.6) is 0 Å². The second kappa shape index (κ2) is 5.59. The van der Waals surface area contributed by atoms with Gasteiger partial charge in [-0.3, -0.25) is 0 Å². The highest BCUT2D eigenvalue weighted by molar-refractivity contribution is 6.37. The van der Waals surface area contributed by atoms with Gasteiger partial charge in [-0.15, -0.1) is 0 Å². The normalized spacial score (nSPS) is 11.0. The van der Waals surface area contributed by atoms with E-state index in [1.165, 1.54) is 0 Å². The fourth-order valence-corrected chi connectivity index (χ4v) is 2.07. The Kier molecular flexibility index (Phi) is 4.11. The molecule has 0 fully saturated rings. The SMILES string of the molecule is Clc1ccc(/C=C/c2c(Cl)cccc2Cl)cc1. The van der Waals surface area contributed by atoms with E-state index < -0.39 is 0 Å². The van der Waals surface area contributed by atoms with E-state index in [-0.39, 0.29) is 0 Å². The Morgan fingerprint density at radius 2 is 1.29 bits per heavy atom.